The summed E-state index contributed by atoms with van der Waals surface area (Å²) in [5, 5.41) is 6.75. The van der Waals surface area contributed by atoms with Crippen LogP contribution in [-0.2, 0) is 10.8 Å². The predicted molar refractivity (Wildman–Crippen MR) is 349 cm³/mol. The molecule has 3 aliphatic rings. The Kier molecular flexibility index (Phi) is 10.2. The molecule has 0 amide bonds. The van der Waals surface area contributed by atoms with Gasteiger partial charge in [-0.3, -0.25) is 0 Å². The molecule has 0 N–H and O–H groups in total. The van der Waals surface area contributed by atoms with Crippen LogP contribution in [0.5, 0.6) is 11.5 Å². The van der Waals surface area contributed by atoms with Crippen molar-refractivity contribution in [3.05, 3.63) is 354 Å². The summed E-state index contributed by atoms with van der Waals surface area (Å²) in [7, 11) is 0. The molecule has 3 nitrogen and oxygen atoms in total. The fraction of sp³-hybridized carbons (Fsp3) is 0.0244. The molecule has 0 bridgehead atoms. The number of rotatable bonds is 7. The van der Waals surface area contributed by atoms with E-state index in [-0.39, 0.29) is 0 Å². The van der Waals surface area contributed by atoms with Crippen molar-refractivity contribution in [1.29, 1.82) is 0 Å². The minimum Gasteiger partial charge on any atom is -0.456 e. The van der Waals surface area contributed by atoms with E-state index < -0.39 is 10.8 Å². The van der Waals surface area contributed by atoms with E-state index in [4.69, 9.17) is 9.15 Å². The number of benzene rings is 14. The number of furan rings is 1. The van der Waals surface area contributed by atoms with Crippen LogP contribution in [0.2, 0.25) is 0 Å². The maximum absolute atomic E-state index is 7.33. The van der Waals surface area contributed by atoms with E-state index in [2.05, 4.69) is 302 Å². The quantitative estimate of drug-likeness (QED) is 0.159. The molecule has 2 heterocycles. The molecule has 2 aliphatic carbocycles. The number of hydrogen-bond acceptors (Lipinski definition) is 3. The zero-order valence-electron chi connectivity index (χ0n) is 46.2. The Labute approximate surface area is 492 Å². The smallest absolute Gasteiger partial charge is 0.140 e. The highest BCUT2D eigenvalue weighted by Crippen LogP contribution is 2.65. The van der Waals surface area contributed by atoms with Crippen molar-refractivity contribution in [1.82, 2.24) is 0 Å². The van der Waals surface area contributed by atoms with E-state index in [9.17, 15) is 0 Å². The van der Waals surface area contributed by atoms with Gasteiger partial charge in [-0.15, -0.1) is 0 Å². The number of anilines is 3. The Balaban J connectivity index is 0.853. The minimum absolute atomic E-state index is 0.574. The van der Waals surface area contributed by atoms with Gasteiger partial charge in [0.2, 0.25) is 0 Å². The molecule has 85 heavy (non-hydrogen) atoms. The fourth-order valence-electron chi connectivity index (χ4n) is 15.2. The van der Waals surface area contributed by atoms with Gasteiger partial charge in [0.25, 0.3) is 0 Å². The second kappa shape index (κ2) is 18.2. The molecule has 18 rings (SSSR count). The predicted octanol–water partition coefficient (Wildman–Crippen LogP) is 21.5. The zero-order chi connectivity index (χ0) is 55.8. The van der Waals surface area contributed by atoms with Crippen LogP contribution in [0.4, 0.5) is 17.1 Å². The third-order valence-corrected chi connectivity index (χ3v) is 18.8. The Morgan fingerprint density at radius 3 is 1.52 bits per heavy atom. The summed E-state index contributed by atoms with van der Waals surface area (Å²) in [4.78, 5) is 2.49. The third-order valence-electron chi connectivity index (χ3n) is 18.8. The fourth-order valence-corrected chi connectivity index (χ4v) is 15.2. The van der Waals surface area contributed by atoms with Gasteiger partial charge in [0.1, 0.15) is 22.7 Å². The molecule has 14 aromatic carbocycles. The van der Waals surface area contributed by atoms with E-state index in [1.807, 2.05) is 12.1 Å². The normalized spacial score (nSPS) is 13.7. The molecule has 0 atom stereocenters. The SMILES string of the molecule is c1ccc(C2(c3ccccc3)c3ccccc3-c3c(N(c4ccc(-c5ccc6oc7ccccc7c6c5)cc4)c4cccc(-c5ccc6c(c5)C5(c7ccccc7-6)c6ccc7ccccc7c6Oc6c5ccc5ccccc65)c4)cccc32)cc1. The van der Waals surface area contributed by atoms with Gasteiger partial charge < -0.3 is 14.1 Å². The second-order valence-corrected chi connectivity index (χ2v) is 23.0. The van der Waals surface area contributed by atoms with Gasteiger partial charge >= 0.3 is 0 Å². The molecule has 0 fully saturated rings. The van der Waals surface area contributed by atoms with E-state index >= 15 is 0 Å². The first-order chi connectivity index (χ1) is 42.1. The Hall–Kier alpha value is -11.0. The Morgan fingerprint density at radius 1 is 0.271 bits per heavy atom. The second-order valence-electron chi connectivity index (χ2n) is 23.0. The van der Waals surface area contributed by atoms with Gasteiger partial charge in [0.05, 0.1) is 16.5 Å². The summed E-state index contributed by atoms with van der Waals surface area (Å²) in [6.45, 7) is 0. The molecular weight excluding hydrogens is 1030 g/mol. The molecule has 396 valence electrons. The number of hydrogen-bond donors (Lipinski definition) is 0. The molecule has 0 radical (unpaired) electrons. The van der Waals surface area contributed by atoms with E-state index in [1.54, 1.807) is 0 Å². The van der Waals surface area contributed by atoms with Crippen LogP contribution in [0.25, 0.3) is 88.0 Å². The van der Waals surface area contributed by atoms with Crippen LogP contribution < -0.4 is 9.64 Å². The molecule has 1 aromatic heterocycles. The number of fused-ring (bicyclic) bond motifs is 19. The van der Waals surface area contributed by atoms with E-state index in [0.29, 0.717) is 0 Å². The topological polar surface area (TPSA) is 25.6 Å². The van der Waals surface area contributed by atoms with Gasteiger partial charge in [0.15, 0.2) is 0 Å². The van der Waals surface area contributed by atoms with E-state index in [0.717, 1.165) is 105 Å². The highest BCUT2D eigenvalue weighted by molar-refractivity contribution is 6.07. The monoisotopic (exact) mass is 1080 g/mol. The van der Waals surface area contributed by atoms with E-state index in [1.165, 1.54) is 55.6 Å². The lowest BCUT2D eigenvalue weighted by Crippen LogP contribution is -2.32. The maximum Gasteiger partial charge on any atom is 0.140 e. The highest BCUT2D eigenvalue weighted by atomic mass is 16.5. The van der Waals surface area contributed by atoms with Crippen molar-refractivity contribution < 1.29 is 9.15 Å². The van der Waals surface area contributed by atoms with Gasteiger partial charge in [-0.05, 0) is 138 Å². The molecule has 1 spiro atoms. The molecule has 1 aliphatic heterocycles. The van der Waals surface area contributed by atoms with Crippen molar-refractivity contribution in [2.45, 2.75) is 10.8 Å². The molecule has 0 unspecified atom stereocenters. The minimum atomic E-state index is -0.679. The van der Waals surface area contributed by atoms with Crippen LogP contribution >= 0.6 is 0 Å². The zero-order valence-corrected chi connectivity index (χ0v) is 46.2. The average molecular weight is 1080 g/mol. The summed E-state index contributed by atoms with van der Waals surface area (Å²) in [6, 6.07) is 114. The summed E-state index contributed by atoms with van der Waals surface area (Å²) in [5.74, 6) is 1.82. The molecule has 15 aromatic rings. The summed E-state index contributed by atoms with van der Waals surface area (Å²) in [5.41, 5.74) is 23.0. The highest BCUT2D eigenvalue weighted by Gasteiger charge is 2.52. The Bertz CT molecular complexity index is 5100. The van der Waals surface area contributed by atoms with Crippen molar-refractivity contribution in [3.8, 4) is 56.0 Å². The summed E-state index contributed by atoms with van der Waals surface area (Å²) >= 11 is 0. The first-order valence-electron chi connectivity index (χ1n) is 29.4. The third kappa shape index (κ3) is 6.72. The lowest BCUT2D eigenvalue weighted by atomic mass is 9.65. The Morgan fingerprint density at radius 2 is 0.800 bits per heavy atom. The lowest BCUT2D eigenvalue weighted by Gasteiger charge is -2.40. The van der Waals surface area contributed by atoms with Crippen LogP contribution in [0.1, 0.15) is 44.5 Å². The number of ether oxygens (including phenoxy) is 1. The van der Waals surface area contributed by atoms with Crippen LogP contribution in [-0.4, -0.2) is 0 Å². The van der Waals surface area contributed by atoms with Gasteiger partial charge in [-0.1, -0.05) is 255 Å². The van der Waals surface area contributed by atoms with Crippen LogP contribution in [0.15, 0.2) is 314 Å². The number of nitrogens with zero attached hydrogens (tertiary/aromatic N) is 1. The first kappa shape index (κ1) is 47.6. The molecule has 3 heteroatoms. The first-order valence-corrected chi connectivity index (χ1v) is 29.4. The molecular formula is C82H51NO2. The summed E-state index contributed by atoms with van der Waals surface area (Å²) < 4.78 is 13.6. The van der Waals surface area contributed by atoms with Crippen molar-refractivity contribution >= 4 is 60.5 Å². The van der Waals surface area contributed by atoms with Gasteiger partial charge in [0, 0.05) is 49.6 Å². The van der Waals surface area contributed by atoms with Crippen molar-refractivity contribution in [2.24, 2.45) is 0 Å². The van der Waals surface area contributed by atoms with Crippen molar-refractivity contribution in [3.63, 3.8) is 0 Å². The van der Waals surface area contributed by atoms with Crippen LogP contribution in [0.3, 0.4) is 0 Å². The summed E-state index contributed by atoms with van der Waals surface area (Å²) in [6.07, 6.45) is 0. The number of para-hydroxylation sites is 1. The molecule has 0 saturated carbocycles. The standard InChI is InChI=1S/C82H51NO2/c1-3-22-58(23-4-1)81(59-24-5-2-6-25-59)70-33-15-12-31-67(70)78-71(81)34-18-35-75(78)83(60-43-37-52(38-44-60)56-42-48-77-68(50-56)66-30-13-16-36-76(66)84-77)61-26-17-21-55(49-61)57-39-45-65-64-29-11-14-32-69(64)82(74(65)51-57)72-46-40-53-19-7-9-27-62(53)79(72)85-80-63-28-10-8-20-54(63)41-47-73(80)82/h1-51H. The maximum atomic E-state index is 7.33. The van der Waals surface area contributed by atoms with Gasteiger partial charge in [-0.25, -0.2) is 0 Å². The lowest BCUT2D eigenvalue weighted by molar-refractivity contribution is 0.447. The average Bonchev–Trinajstić information content (AvgIpc) is 1.67. The largest absolute Gasteiger partial charge is 0.456 e. The van der Waals surface area contributed by atoms with Gasteiger partial charge in [-0.2, -0.15) is 0 Å². The van der Waals surface area contributed by atoms with Crippen LogP contribution in [0, 0.1) is 0 Å². The molecule has 0 saturated heterocycles. The van der Waals surface area contributed by atoms with Crippen molar-refractivity contribution in [2.75, 3.05) is 4.90 Å².